The van der Waals surface area contributed by atoms with E-state index in [2.05, 4.69) is 4.98 Å². The molecule has 14 heavy (non-hydrogen) atoms. The molecule has 0 aliphatic heterocycles. The minimum atomic E-state index is 0.165. The van der Waals surface area contributed by atoms with Crippen molar-refractivity contribution in [3.8, 4) is 17.0 Å². The Labute approximate surface area is 81.0 Å². The second-order valence-corrected chi connectivity index (χ2v) is 2.94. The molecule has 0 aliphatic rings. The molecule has 0 aliphatic carbocycles. The van der Waals surface area contributed by atoms with E-state index >= 15 is 0 Å². The number of H-pyrrole nitrogens is 1. The van der Waals surface area contributed by atoms with E-state index in [0.29, 0.717) is 16.8 Å². The van der Waals surface area contributed by atoms with Crippen LogP contribution >= 0.6 is 0 Å². The highest BCUT2D eigenvalue weighted by atomic mass is 16.3. The number of para-hydroxylation sites is 1. The molecule has 1 aromatic heterocycles. The van der Waals surface area contributed by atoms with Crippen LogP contribution in [0, 0.1) is 0 Å². The molecular formula is C11H9NO2. The average Bonchev–Trinajstić information content (AvgIpc) is 2.66. The number of carbonyl (C=O) groups is 1. The van der Waals surface area contributed by atoms with Crippen molar-refractivity contribution in [3.63, 3.8) is 0 Å². The first-order valence-corrected chi connectivity index (χ1v) is 4.24. The number of phenols is 1. The standard InChI is InChI=1S/C11H9NO2/c13-7-8-5-6-12-11(8)9-3-1-2-4-10(9)14/h1-7,12,14H. The molecule has 0 unspecified atom stereocenters. The van der Waals surface area contributed by atoms with Crippen LogP contribution in [-0.4, -0.2) is 16.4 Å². The van der Waals surface area contributed by atoms with E-state index in [9.17, 15) is 9.90 Å². The lowest BCUT2D eigenvalue weighted by Crippen LogP contribution is -1.84. The van der Waals surface area contributed by atoms with Gasteiger partial charge >= 0.3 is 0 Å². The van der Waals surface area contributed by atoms with E-state index in [0.717, 1.165) is 6.29 Å². The largest absolute Gasteiger partial charge is 0.507 e. The molecular weight excluding hydrogens is 178 g/mol. The summed E-state index contributed by atoms with van der Waals surface area (Å²) in [5.41, 5.74) is 1.84. The van der Waals surface area contributed by atoms with Crippen molar-refractivity contribution >= 4 is 6.29 Å². The van der Waals surface area contributed by atoms with Crippen molar-refractivity contribution in [3.05, 3.63) is 42.1 Å². The molecule has 3 nitrogen and oxygen atoms in total. The molecule has 0 saturated carbocycles. The van der Waals surface area contributed by atoms with Crippen molar-refractivity contribution in [2.75, 3.05) is 0 Å². The number of hydrogen-bond acceptors (Lipinski definition) is 2. The Morgan fingerprint density at radius 1 is 1.21 bits per heavy atom. The van der Waals surface area contributed by atoms with Crippen molar-refractivity contribution < 1.29 is 9.90 Å². The summed E-state index contributed by atoms with van der Waals surface area (Å²) in [5, 5.41) is 9.57. The Kier molecular flexibility index (Phi) is 2.07. The zero-order valence-electron chi connectivity index (χ0n) is 7.40. The summed E-state index contributed by atoms with van der Waals surface area (Å²) in [7, 11) is 0. The quantitative estimate of drug-likeness (QED) is 0.708. The minimum absolute atomic E-state index is 0.165. The highest BCUT2D eigenvalue weighted by molar-refractivity contribution is 5.87. The average molecular weight is 187 g/mol. The van der Waals surface area contributed by atoms with Crippen LogP contribution in [0.25, 0.3) is 11.3 Å². The molecule has 3 heteroatoms. The van der Waals surface area contributed by atoms with Crippen molar-refractivity contribution in [1.82, 2.24) is 4.98 Å². The molecule has 1 heterocycles. The summed E-state index contributed by atoms with van der Waals surface area (Å²) in [6.07, 6.45) is 2.43. The summed E-state index contributed by atoms with van der Waals surface area (Å²) in [6.45, 7) is 0. The van der Waals surface area contributed by atoms with Gasteiger partial charge in [-0.15, -0.1) is 0 Å². The molecule has 0 fully saturated rings. The van der Waals surface area contributed by atoms with Gasteiger partial charge in [0.15, 0.2) is 6.29 Å². The summed E-state index contributed by atoms with van der Waals surface area (Å²) in [4.78, 5) is 13.6. The van der Waals surface area contributed by atoms with E-state index < -0.39 is 0 Å². The molecule has 1 aromatic carbocycles. The van der Waals surface area contributed by atoms with Crippen molar-refractivity contribution in [2.24, 2.45) is 0 Å². The van der Waals surface area contributed by atoms with E-state index in [-0.39, 0.29) is 5.75 Å². The zero-order valence-corrected chi connectivity index (χ0v) is 7.40. The number of phenolic OH excluding ortho intramolecular Hbond substituents is 1. The van der Waals surface area contributed by atoms with Crippen LogP contribution in [0.1, 0.15) is 10.4 Å². The molecule has 0 radical (unpaired) electrons. The fourth-order valence-electron chi connectivity index (χ4n) is 1.40. The SMILES string of the molecule is O=Cc1cc[nH]c1-c1ccccc1O. The van der Waals surface area contributed by atoms with Gasteiger partial charge in [-0.1, -0.05) is 12.1 Å². The Morgan fingerprint density at radius 3 is 2.71 bits per heavy atom. The third kappa shape index (κ3) is 1.29. The van der Waals surface area contributed by atoms with Gasteiger partial charge in [-0.05, 0) is 18.2 Å². The van der Waals surface area contributed by atoms with Crippen LogP contribution in [0.2, 0.25) is 0 Å². The van der Waals surface area contributed by atoms with E-state index in [1.807, 2.05) is 6.07 Å². The van der Waals surface area contributed by atoms with Crippen LogP contribution in [-0.2, 0) is 0 Å². The molecule has 0 spiro atoms. The van der Waals surface area contributed by atoms with Crippen LogP contribution < -0.4 is 0 Å². The van der Waals surface area contributed by atoms with Gasteiger partial charge in [-0.25, -0.2) is 0 Å². The van der Waals surface area contributed by atoms with Crippen LogP contribution in [0.4, 0.5) is 0 Å². The fraction of sp³-hybridized carbons (Fsp3) is 0. The van der Waals surface area contributed by atoms with E-state index in [1.165, 1.54) is 0 Å². The predicted molar refractivity (Wildman–Crippen MR) is 53.3 cm³/mol. The number of aromatic nitrogens is 1. The summed E-state index contributed by atoms with van der Waals surface area (Å²) in [6, 6.07) is 8.57. The van der Waals surface area contributed by atoms with E-state index in [1.54, 1.807) is 30.5 Å². The molecule has 2 N–H and O–H groups in total. The van der Waals surface area contributed by atoms with Crippen LogP contribution in [0.3, 0.4) is 0 Å². The van der Waals surface area contributed by atoms with Crippen molar-refractivity contribution in [2.45, 2.75) is 0 Å². The monoisotopic (exact) mass is 187 g/mol. The Bertz CT molecular complexity index is 460. The number of benzene rings is 1. The van der Waals surface area contributed by atoms with Gasteiger partial charge in [0.2, 0.25) is 0 Å². The zero-order chi connectivity index (χ0) is 9.97. The number of aromatic amines is 1. The smallest absolute Gasteiger partial charge is 0.152 e. The maximum absolute atomic E-state index is 10.7. The van der Waals surface area contributed by atoms with Gasteiger partial charge < -0.3 is 10.1 Å². The summed E-state index contributed by atoms with van der Waals surface area (Å²) >= 11 is 0. The van der Waals surface area contributed by atoms with Gasteiger partial charge in [0.05, 0.1) is 5.69 Å². The lowest BCUT2D eigenvalue weighted by atomic mass is 10.1. The van der Waals surface area contributed by atoms with Gasteiger partial charge in [-0.2, -0.15) is 0 Å². The molecule has 0 amide bonds. The molecule has 0 saturated heterocycles. The third-order valence-electron chi connectivity index (χ3n) is 2.08. The molecule has 0 atom stereocenters. The predicted octanol–water partition coefficient (Wildman–Crippen LogP) is 2.20. The number of aldehydes is 1. The number of nitrogens with one attached hydrogen (secondary N) is 1. The molecule has 70 valence electrons. The topological polar surface area (TPSA) is 53.1 Å². The lowest BCUT2D eigenvalue weighted by molar-refractivity contribution is 0.112. The number of rotatable bonds is 2. The third-order valence-corrected chi connectivity index (χ3v) is 2.08. The maximum Gasteiger partial charge on any atom is 0.152 e. The highest BCUT2D eigenvalue weighted by Gasteiger charge is 2.08. The van der Waals surface area contributed by atoms with Gasteiger partial charge in [-0.3, -0.25) is 4.79 Å². The highest BCUT2D eigenvalue weighted by Crippen LogP contribution is 2.29. The molecule has 2 rings (SSSR count). The number of hydrogen-bond donors (Lipinski definition) is 2. The first-order chi connectivity index (χ1) is 6.83. The Morgan fingerprint density at radius 2 is 2.00 bits per heavy atom. The van der Waals surface area contributed by atoms with Crippen LogP contribution in [0.15, 0.2) is 36.5 Å². The molecule has 2 aromatic rings. The normalized spacial score (nSPS) is 10.0. The Balaban J connectivity index is 2.60. The second-order valence-electron chi connectivity index (χ2n) is 2.94. The second kappa shape index (κ2) is 3.38. The first-order valence-electron chi connectivity index (χ1n) is 4.24. The summed E-state index contributed by atoms with van der Waals surface area (Å²) < 4.78 is 0. The lowest BCUT2D eigenvalue weighted by Gasteiger charge is -2.02. The first kappa shape index (κ1) is 8.56. The molecule has 0 bridgehead atoms. The summed E-state index contributed by atoms with van der Waals surface area (Å²) in [5.74, 6) is 0.165. The Hall–Kier alpha value is -2.03. The number of carbonyl (C=O) groups excluding carboxylic acids is 1. The van der Waals surface area contributed by atoms with Gasteiger partial charge in [0.25, 0.3) is 0 Å². The van der Waals surface area contributed by atoms with Gasteiger partial charge in [0, 0.05) is 17.3 Å². The van der Waals surface area contributed by atoms with Gasteiger partial charge in [0.1, 0.15) is 5.75 Å². The number of aromatic hydroxyl groups is 1. The van der Waals surface area contributed by atoms with Crippen LogP contribution in [0.5, 0.6) is 5.75 Å². The van der Waals surface area contributed by atoms with E-state index in [4.69, 9.17) is 0 Å². The fourth-order valence-corrected chi connectivity index (χ4v) is 1.40. The minimum Gasteiger partial charge on any atom is -0.507 e. The van der Waals surface area contributed by atoms with Crippen molar-refractivity contribution in [1.29, 1.82) is 0 Å². The maximum atomic E-state index is 10.7.